The Kier molecular flexibility index (Phi) is 3.64. The smallest absolute Gasteiger partial charge is 0.270 e. The Morgan fingerprint density at radius 3 is 2.62 bits per heavy atom. The van der Waals surface area contributed by atoms with Crippen LogP contribution in [0.1, 0.15) is 40.6 Å². The van der Waals surface area contributed by atoms with E-state index in [4.69, 9.17) is 0 Å². The van der Waals surface area contributed by atoms with Gasteiger partial charge in [-0.2, -0.15) is 0 Å². The third-order valence-electron chi connectivity index (χ3n) is 5.29. The van der Waals surface area contributed by atoms with Crippen LogP contribution in [0.5, 0.6) is 0 Å². The minimum atomic E-state index is 0.140. The molecular weight excluding hydrogens is 296 g/mol. The summed E-state index contributed by atoms with van der Waals surface area (Å²) in [6.45, 7) is 2.86. The maximum Gasteiger partial charge on any atom is 0.270 e. The molecule has 1 aliphatic rings. The predicted molar refractivity (Wildman–Crippen MR) is 97.1 cm³/mol. The SMILES string of the molecule is Cc1ccc(C(=O)N2CCCC2c2cccc3ccccc23)n1C. The van der Waals surface area contributed by atoms with Gasteiger partial charge in [-0.3, -0.25) is 4.79 Å². The van der Waals surface area contributed by atoms with E-state index in [1.54, 1.807) is 0 Å². The predicted octanol–water partition coefficient (Wildman–Crippen LogP) is 4.46. The Bertz CT molecular complexity index is 904. The molecule has 1 fully saturated rings. The van der Waals surface area contributed by atoms with E-state index in [9.17, 15) is 4.79 Å². The minimum Gasteiger partial charge on any atom is -0.344 e. The Balaban J connectivity index is 1.75. The van der Waals surface area contributed by atoms with Crippen LogP contribution < -0.4 is 0 Å². The number of carbonyl (C=O) groups excluding carboxylic acids is 1. The van der Waals surface area contributed by atoms with Crippen molar-refractivity contribution < 1.29 is 4.79 Å². The molecule has 2 heterocycles. The fraction of sp³-hybridized carbons (Fsp3) is 0.286. The molecule has 1 aliphatic heterocycles. The summed E-state index contributed by atoms with van der Waals surface area (Å²) in [4.78, 5) is 15.2. The molecule has 0 radical (unpaired) electrons. The summed E-state index contributed by atoms with van der Waals surface area (Å²) in [6, 6.07) is 19.0. The highest BCUT2D eigenvalue weighted by Gasteiger charge is 2.32. The molecule has 1 unspecified atom stereocenters. The molecule has 4 rings (SSSR count). The van der Waals surface area contributed by atoms with E-state index in [0.29, 0.717) is 0 Å². The van der Waals surface area contributed by atoms with Crippen LogP contribution >= 0.6 is 0 Å². The second-order valence-electron chi connectivity index (χ2n) is 6.64. The molecule has 0 spiro atoms. The lowest BCUT2D eigenvalue weighted by Crippen LogP contribution is -2.32. The zero-order valence-corrected chi connectivity index (χ0v) is 14.2. The Morgan fingerprint density at radius 2 is 1.83 bits per heavy atom. The largest absolute Gasteiger partial charge is 0.344 e. The van der Waals surface area contributed by atoms with Gasteiger partial charge in [0.25, 0.3) is 5.91 Å². The second kappa shape index (κ2) is 5.82. The number of fused-ring (bicyclic) bond motifs is 1. The number of aryl methyl sites for hydroxylation is 1. The van der Waals surface area contributed by atoms with Gasteiger partial charge < -0.3 is 9.47 Å². The number of hydrogen-bond donors (Lipinski definition) is 0. The van der Waals surface area contributed by atoms with Gasteiger partial charge in [0.05, 0.1) is 6.04 Å². The van der Waals surface area contributed by atoms with Gasteiger partial charge in [-0.05, 0) is 48.2 Å². The van der Waals surface area contributed by atoms with Crippen LogP contribution in [0.3, 0.4) is 0 Å². The number of rotatable bonds is 2. The number of hydrogen-bond acceptors (Lipinski definition) is 1. The number of benzene rings is 2. The summed E-state index contributed by atoms with van der Waals surface area (Å²) in [7, 11) is 1.96. The molecule has 24 heavy (non-hydrogen) atoms. The van der Waals surface area contributed by atoms with Crippen LogP contribution in [0.25, 0.3) is 10.8 Å². The average molecular weight is 318 g/mol. The summed E-state index contributed by atoms with van der Waals surface area (Å²) in [6.07, 6.45) is 2.09. The first kappa shape index (κ1) is 15.0. The monoisotopic (exact) mass is 318 g/mol. The number of amides is 1. The molecule has 1 saturated heterocycles. The first-order chi connectivity index (χ1) is 11.7. The molecule has 3 nitrogen and oxygen atoms in total. The van der Waals surface area contributed by atoms with E-state index in [-0.39, 0.29) is 11.9 Å². The van der Waals surface area contributed by atoms with Crippen molar-refractivity contribution in [1.29, 1.82) is 0 Å². The van der Waals surface area contributed by atoms with Crippen molar-refractivity contribution in [3.8, 4) is 0 Å². The highest BCUT2D eigenvalue weighted by atomic mass is 16.2. The van der Waals surface area contributed by atoms with Crippen molar-refractivity contribution in [2.45, 2.75) is 25.8 Å². The van der Waals surface area contributed by atoms with Gasteiger partial charge in [-0.15, -0.1) is 0 Å². The molecule has 3 aromatic rings. The summed E-state index contributed by atoms with van der Waals surface area (Å²) in [5.74, 6) is 0.140. The molecule has 0 saturated carbocycles. The highest BCUT2D eigenvalue weighted by molar-refractivity contribution is 5.94. The van der Waals surface area contributed by atoms with Crippen LogP contribution in [0.2, 0.25) is 0 Å². The van der Waals surface area contributed by atoms with Crippen LogP contribution in [0.4, 0.5) is 0 Å². The van der Waals surface area contributed by atoms with E-state index in [1.807, 2.05) is 30.7 Å². The zero-order chi connectivity index (χ0) is 16.7. The standard InChI is InChI=1S/C21H22N2O/c1-15-12-13-20(22(15)2)21(24)23-14-6-11-19(23)18-10-5-8-16-7-3-4-9-17(16)18/h3-5,7-10,12-13,19H,6,11,14H2,1-2H3. The van der Waals surface area contributed by atoms with Gasteiger partial charge in [-0.25, -0.2) is 0 Å². The van der Waals surface area contributed by atoms with E-state index in [0.717, 1.165) is 30.8 Å². The van der Waals surface area contributed by atoms with Crippen molar-refractivity contribution in [3.63, 3.8) is 0 Å². The lowest BCUT2D eigenvalue weighted by molar-refractivity contribution is 0.0726. The third kappa shape index (κ3) is 2.32. The molecule has 1 aromatic heterocycles. The first-order valence-electron chi connectivity index (χ1n) is 8.58. The highest BCUT2D eigenvalue weighted by Crippen LogP contribution is 2.36. The first-order valence-corrected chi connectivity index (χ1v) is 8.58. The van der Waals surface area contributed by atoms with Crippen molar-refractivity contribution in [1.82, 2.24) is 9.47 Å². The van der Waals surface area contributed by atoms with Gasteiger partial charge in [0, 0.05) is 19.3 Å². The van der Waals surface area contributed by atoms with Gasteiger partial charge in [-0.1, -0.05) is 42.5 Å². The third-order valence-corrected chi connectivity index (χ3v) is 5.29. The van der Waals surface area contributed by atoms with Crippen molar-refractivity contribution in [3.05, 3.63) is 71.5 Å². The quantitative estimate of drug-likeness (QED) is 0.684. The maximum absolute atomic E-state index is 13.1. The minimum absolute atomic E-state index is 0.140. The summed E-state index contributed by atoms with van der Waals surface area (Å²) >= 11 is 0. The number of carbonyl (C=O) groups is 1. The van der Waals surface area contributed by atoms with Gasteiger partial charge >= 0.3 is 0 Å². The molecule has 2 aromatic carbocycles. The topological polar surface area (TPSA) is 25.2 Å². The van der Waals surface area contributed by atoms with Crippen LogP contribution in [-0.2, 0) is 7.05 Å². The summed E-state index contributed by atoms with van der Waals surface area (Å²) < 4.78 is 1.99. The van der Waals surface area contributed by atoms with Crippen molar-refractivity contribution in [2.75, 3.05) is 6.54 Å². The molecule has 1 atom stereocenters. The normalized spacial score (nSPS) is 17.6. The molecule has 3 heteroatoms. The van der Waals surface area contributed by atoms with Crippen LogP contribution in [0, 0.1) is 6.92 Å². The average Bonchev–Trinajstić information content (AvgIpc) is 3.22. The molecule has 0 aliphatic carbocycles. The summed E-state index contributed by atoms with van der Waals surface area (Å²) in [5.41, 5.74) is 3.16. The fourth-order valence-electron chi connectivity index (χ4n) is 3.85. The molecule has 0 bridgehead atoms. The lowest BCUT2D eigenvalue weighted by atomic mass is 9.97. The lowest BCUT2D eigenvalue weighted by Gasteiger charge is -2.26. The summed E-state index contributed by atoms with van der Waals surface area (Å²) in [5, 5.41) is 2.50. The molecule has 122 valence electrons. The molecular formula is C21H22N2O. The van der Waals surface area contributed by atoms with Gasteiger partial charge in [0.2, 0.25) is 0 Å². The molecule has 0 N–H and O–H groups in total. The van der Waals surface area contributed by atoms with Crippen LogP contribution in [-0.4, -0.2) is 21.9 Å². The van der Waals surface area contributed by atoms with Crippen molar-refractivity contribution in [2.24, 2.45) is 7.05 Å². The Morgan fingerprint density at radius 1 is 1.04 bits per heavy atom. The second-order valence-corrected chi connectivity index (χ2v) is 6.64. The van der Waals surface area contributed by atoms with Gasteiger partial charge in [0.1, 0.15) is 5.69 Å². The Hall–Kier alpha value is -2.55. The number of likely N-dealkylation sites (tertiary alicyclic amines) is 1. The van der Waals surface area contributed by atoms with E-state index < -0.39 is 0 Å². The maximum atomic E-state index is 13.1. The van der Waals surface area contributed by atoms with E-state index in [1.165, 1.54) is 16.3 Å². The van der Waals surface area contributed by atoms with Gasteiger partial charge in [0.15, 0.2) is 0 Å². The number of nitrogens with zero attached hydrogens (tertiary/aromatic N) is 2. The van der Waals surface area contributed by atoms with E-state index >= 15 is 0 Å². The zero-order valence-electron chi connectivity index (χ0n) is 14.2. The van der Waals surface area contributed by atoms with Crippen LogP contribution in [0.15, 0.2) is 54.6 Å². The molecule has 1 amide bonds. The van der Waals surface area contributed by atoms with Crippen molar-refractivity contribution >= 4 is 16.7 Å². The number of aromatic nitrogens is 1. The van der Waals surface area contributed by atoms with E-state index in [2.05, 4.69) is 47.4 Å². The fourth-order valence-corrected chi connectivity index (χ4v) is 3.85. The Labute approximate surface area is 142 Å².